The summed E-state index contributed by atoms with van der Waals surface area (Å²) in [6.07, 6.45) is 0. The van der Waals surface area contributed by atoms with Gasteiger partial charge < -0.3 is 11.1 Å². The number of benzene rings is 2. The van der Waals surface area contributed by atoms with Gasteiger partial charge in [0, 0.05) is 16.8 Å². The lowest BCUT2D eigenvalue weighted by atomic mass is 9.92. The first-order chi connectivity index (χ1) is 11.3. The molecule has 2 aromatic carbocycles. The van der Waals surface area contributed by atoms with Gasteiger partial charge in [-0.3, -0.25) is 9.59 Å². The van der Waals surface area contributed by atoms with Crippen LogP contribution in [-0.4, -0.2) is 11.8 Å². The fraction of sp³-hybridized carbons (Fsp3) is 0.300. The van der Waals surface area contributed by atoms with E-state index >= 15 is 0 Å². The van der Waals surface area contributed by atoms with Gasteiger partial charge in [0.1, 0.15) is 0 Å². The minimum absolute atomic E-state index is 0.242. The molecule has 0 radical (unpaired) electrons. The Morgan fingerprint density at radius 1 is 0.875 bits per heavy atom. The lowest BCUT2D eigenvalue weighted by molar-refractivity contribution is 0.1000. The summed E-state index contributed by atoms with van der Waals surface area (Å²) in [5.41, 5.74) is 9.09. The molecular formula is C20H24N2O2. The number of nitrogens with two attached hydrogens (primary N) is 1. The zero-order valence-electron chi connectivity index (χ0n) is 14.6. The molecule has 0 fully saturated rings. The van der Waals surface area contributed by atoms with Crippen LogP contribution in [0.1, 0.15) is 71.4 Å². The van der Waals surface area contributed by atoms with E-state index in [1.807, 2.05) is 18.2 Å². The average Bonchev–Trinajstić information content (AvgIpc) is 2.54. The van der Waals surface area contributed by atoms with Crippen LogP contribution in [0.4, 0.5) is 5.69 Å². The molecule has 3 N–H and O–H groups in total. The van der Waals surface area contributed by atoms with Gasteiger partial charge in [-0.1, -0.05) is 52.0 Å². The summed E-state index contributed by atoms with van der Waals surface area (Å²) in [6, 6.07) is 12.5. The number of anilines is 1. The van der Waals surface area contributed by atoms with Gasteiger partial charge in [0.05, 0.1) is 0 Å². The first-order valence-electron chi connectivity index (χ1n) is 8.15. The Morgan fingerprint density at radius 3 is 1.88 bits per heavy atom. The van der Waals surface area contributed by atoms with Gasteiger partial charge >= 0.3 is 0 Å². The van der Waals surface area contributed by atoms with E-state index in [4.69, 9.17) is 5.73 Å². The van der Waals surface area contributed by atoms with E-state index in [0.717, 1.165) is 16.8 Å². The normalized spacial score (nSPS) is 10.9. The van der Waals surface area contributed by atoms with E-state index in [0.29, 0.717) is 11.1 Å². The molecule has 126 valence electrons. The summed E-state index contributed by atoms with van der Waals surface area (Å²) < 4.78 is 0. The van der Waals surface area contributed by atoms with Crippen LogP contribution in [0.25, 0.3) is 0 Å². The molecule has 0 heterocycles. The highest BCUT2D eigenvalue weighted by atomic mass is 16.2. The fourth-order valence-corrected chi connectivity index (χ4v) is 2.69. The predicted octanol–water partition coefficient (Wildman–Crippen LogP) is 4.28. The second-order valence-electron chi connectivity index (χ2n) is 6.52. The van der Waals surface area contributed by atoms with E-state index in [1.54, 1.807) is 18.2 Å². The molecule has 0 saturated heterocycles. The van der Waals surface area contributed by atoms with Crippen LogP contribution in [-0.2, 0) is 0 Å². The maximum absolute atomic E-state index is 12.7. The van der Waals surface area contributed by atoms with Crippen LogP contribution in [0.5, 0.6) is 0 Å². The highest BCUT2D eigenvalue weighted by molar-refractivity contribution is 6.06. The monoisotopic (exact) mass is 324 g/mol. The Bertz CT molecular complexity index is 738. The molecule has 0 saturated carbocycles. The quantitative estimate of drug-likeness (QED) is 0.861. The van der Waals surface area contributed by atoms with E-state index in [-0.39, 0.29) is 17.7 Å². The Balaban J connectivity index is 2.41. The van der Waals surface area contributed by atoms with Crippen molar-refractivity contribution in [3.63, 3.8) is 0 Å². The van der Waals surface area contributed by atoms with Crippen molar-refractivity contribution in [1.82, 2.24) is 0 Å². The van der Waals surface area contributed by atoms with Crippen molar-refractivity contribution in [3.05, 3.63) is 64.7 Å². The smallest absolute Gasteiger partial charge is 0.255 e. The second kappa shape index (κ2) is 7.30. The highest BCUT2D eigenvalue weighted by Gasteiger charge is 2.17. The van der Waals surface area contributed by atoms with Crippen LogP contribution in [0.15, 0.2) is 42.5 Å². The predicted molar refractivity (Wildman–Crippen MR) is 97.5 cm³/mol. The van der Waals surface area contributed by atoms with Crippen LogP contribution in [0, 0.1) is 0 Å². The maximum Gasteiger partial charge on any atom is 0.255 e. The maximum atomic E-state index is 12.7. The SMILES string of the molecule is CC(C)c1cccc(C(C)C)c1NC(=O)c1cccc(C(N)=O)c1. The lowest BCUT2D eigenvalue weighted by Crippen LogP contribution is -2.17. The Labute approximate surface area is 143 Å². The van der Waals surface area contributed by atoms with Crippen molar-refractivity contribution in [2.45, 2.75) is 39.5 Å². The molecule has 0 spiro atoms. The number of carbonyl (C=O) groups is 2. The molecule has 2 amide bonds. The third-order valence-electron chi connectivity index (χ3n) is 4.02. The molecule has 0 aliphatic carbocycles. The van der Waals surface area contributed by atoms with Crippen molar-refractivity contribution in [2.75, 3.05) is 5.32 Å². The van der Waals surface area contributed by atoms with Crippen molar-refractivity contribution < 1.29 is 9.59 Å². The Hall–Kier alpha value is -2.62. The van der Waals surface area contributed by atoms with Gasteiger partial charge in [-0.2, -0.15) is 0 Å². The number of hydrogen-bond donors (Lipinski definition) is 2. The molecule has 0 unspecified atom stereocenters. The zero-order chi connectivity index (χ0) is 17.9. The summed E-state index contributed by atoms with van der Waals surface area (Å²) in [4.78, 5) is 24.0. The molecule has 0 aromatic heterocycles. The second-order valence-corrected chi connectivity index (χ2v) is 6.52. The number of carbonyl (C=O) groups excluding carboxylic acids is 2. The third kappa shape index (κ3) is 3.82. The molecule has 2 rings (SSSR count). The van der Waals surface area contributed by atoms with Crippen LogP contribution >= 0.6 is 0 Å². The number of rotatable bonds is 5. The van der Waals surface area contributed by atoms with E-state index in [2.05, 4.69) is 33.0 Å². The Morgan fingerprint density at radius 2 is 1.38 bits per heavy atom. The standard InChI is InChI=1S/C20H24N2O2/c1-12(2)16-9-6-10-17(13(3)4)18(16)22-20(24)15-8-5-7-14(11-15)19(21)23/h5-13H,1-4H3,(H2,21,23)(H,22,24). The Kier molecular flexibility index (Phi) is 5.39. The lowest BCUT2D eigenvalue weighted by Gasteiger charge is -2.20. The summed E-state index contributed by atoms with van der Waals surface area (Å²) in [5, 5.41) is 3.03. The minimum atomic E-state index is -0.546. The fourth-order valence-electron chi connectivity index (χ4n) is 2.69. The van der Waals surface area contributed by atoms with Crippen molar-refractivity contribution in [3.8, 4) is 0 Å². The largest absolute Gasteiger partial charge is 0.366 e. The zero-order valence-corrected chi connectivity index (χ0v) is 14.6. The van der Waals surface area contributed by atoms with Crippen molar-refractivity contribution in [1.29, 1.82) is 0 Å². The van der Waals surface area contributed by atoms with Gasteiger partial charge in [0.2, 0.25) is 5.91 Å². The van der Waals surface area contributed by atoms with Crippen LogP contribution in [0.2, 0.25) is 0 Å². The first kappa shape index (κ1) is 17.7. The van der Waals surface area contributed by atoms with Crippen molar-refractivity contribution in [2.24, 2.45) is 5.73 Å². The first-order valence-corrected chi connectivity index (χ1v) is 8.15. The topological polar surface area (TPSA) is 72.2 Å². The summed E-state index contributed by atoms with van der Waals surface area (Å²) in [7, 11) is 0. The van der Waals surface area contributed by atoms with E-state index < -0.39 is 5.91 Å². The number of hydrogen-bond acceptors (Lipinski definition) is 2. The molecule has 4 heteroatoms. The van der Waals surface area contributed by atoms with Gasteiger partial charge in [-0.15, -0.1) is 0 Å². The summed E-state index contributed by atoms with van der Waals surface area (Å²) >= 11 is 0. The van der Waals surface area contributed by atoms with Gasteiger partial charge in [0.15, 0.2) is 0 Å². The van der Waals surface area contributed by atoms with Gasteiger partial charge in [0.25, 0.3) is 5.91 Å². The molecule has 0 aliphatic rings. The molecule has 0 bridgehead atoms. The van der Waals surface area contributed by atoms with Crippen molar-refractivity contribution >= 4 is 17.5 Å². The van der Waals surface area contributed by atoms with Gasteiger partial charge in [-0.05, 0) is 41.2 Å². The molecule has 4 nitrogen and oxygen atoms in total. The molecular weight excluding hydrogens is 300 g/mol. The van der Waals surface area contributed by atoms with Crippen LogP contribution < -0.4 is 11.1 Å². The number of nitrogens with one attached hydrogen (secondary N) is 1. The molecule has 0 aliphatic heterocycles. The number of para-hydroxylation sites is 1. The van der Waals surface area contributed by atoms with E-state index in [1.165, 1.54) is 6.07 Å². The van der Waals surface area contributed by atoms with Gasteiger partial charge in [-0.25, -0.2) is 0 Å². The molecule has 2 aromatic rings. The number of primary amides is 1. The minimum Gasteiger partial charge on any atom is -0.366 e. The summed E-state index contributed by atoms with van der Waals surface area (Å²) in [6.45, 7) is 8.40. The summed E-state index contributed by atoms with van der Waals surface area (Å²) in [5.74, 6) is -0.213. The number of amides is 2. The average molecular weight is 324 g/mol. The van der Waals surface area contributed by atoms with Crippen LogP contribution in [0.3, 0.4) is 0 Å². The molecule has 24 heavy (non-hydrogen) atoms. The highest BCUT2D eigenvalue weighted by Crippen LogP contribution is 2.32. The van der Waals surface area contributed by atoms with E-state index in [9.17, 15) is 9.59 Å². The third-order valence-corrected chi connectivity index (χ3v) is 4.02. The molecule has 0 atom stereocenters.